The van der Waals surface area contributed by atoms with Gasteiger partial charge < -0.3 is 14.2 Å². The molecule has 0 aliphatic heterocycles. The molecule has 1 atom stereocenters. The Morgan fingerprint density at radius 2 is 0.587 bits per heavy atom. The Kier molecular flexibility index (Phi) is 35.0. The quantitative estimate of drug-likeness (QED) is 0.0381. The summed E-state index contributed by atoms with van der Waals surface area (Å²) in [4.78, 5) is 37.2. The number of rotatable bonds is 36. The van der Waals surface area contributed by atoms with Gasteiger partial charge in [-0.05, 0) is 19.3 Å². The SMILES string of the molecule is CCCCCCCCCCCCCCCCC(=O)OC[C@H](COC(=O)CCCCCCC)OC(=O)CCCCCCCCCCC. The Bertz CT molecular complexity index is 679. The zero-order chi connectivity index (χ0) is 33.8. The Balaban J connectivity index is 4.20. The van der Waals surface area contributed by atoms with Crippen molar-refractivity contribution in [3.05, 3.63) is 0 Å². The Labute approximate surface area is 285 Å². The molecule has 0 N–H and O–H groups in total. The molecule has 6 nitrogen and oxygen atoms in total. The average molecular weight is 653 g/mol. The molecule has 0 fully saturated rings. The van der Waals surface area contributed by atoms with Crippen LogP contribution in [0.1, 0.15) is 220 Å². The van der Waals surface area contributed by atoms with E-state index in [4.69, 9.17) is 14.2 Å². The van der Waals surface area contributed by atoms with Gasteiger partial charge in [-0.2, -0.15) is 0 Å². The Morgan fingerprint density at radius 1 is 0.348 bits per heavy atom. The second kappa shape index (κ2) is 36.2. The van der Waals surface area contributed by atoms with E-state index in [9.17, 15) is 14.4 Å². The van der Waals surface area contributed by atoms with Crippen LogP contribution in [-0.2, 0) is 28.6 Å². The molecule has 6 heteroatoms. The van der Waals surface area contributed by atoms with E-state index in [0.717, 1.165) is 64.2 Å². The van der Waals surface area contributed by atoms with Gasteiger partial charge in [-0.25, -0.2) is 0 Å². The maximum absolute atomic E-state index is 12.5. The summed E-state index contributed by atoms with van der Waals surface area (Å²) in [6.45, 7) is 6.53. The molecule has 0 aromatic heterocycles. The maximum Gasteiger partial charge on any atom is 0.306 e. The van der Waals surface area contributed by atoms with Crippen molar-refractivity contribution in [2.75, 3.05) is 13.2 Å². The first kappa shape index (κ1) is 44.4. The lowest BCUT2D eigenvalue weighted by Crippen LogP contribution is -2.30. The van der Waals surface area contributed by atoms with Crippen LogP contribution in [-0.4, -0.2) is 37.2 Å². The highest BCUT2D eigenvalue weighted by molar-refractivity contribution is 5.71. The van der Waals surface area contributed by atoms with Gasteiger partial charge in [0.05, 0.1) is 0 Å². The zero-order valence-electron chi connectivity index (χ0n) is 30.9. The molecule has 0 rings (SSSR count). The third-order valence-corrected chi connectivity index (χ3v) is 8.86. The summed E-state index contributed by atoms with van der Waals surface area (Å²) in [6.07, 6.45) is 34.0. The summed E-state index contributed by atoms with van der Waals surface area (Å²) >= 11 is 0. The topological polar surface area (TPSA) is 78.9 Å². The lowest BCUT2D eigenvalue weighted by Gasteiger charge is -2.18. The van der Waals surface area contributed by atoms with Crippen LogP contribution in [0.4, 0.5) is 0 Å². The van der Waals surface area contributed by atoms with Gasteiger partial charge in [-0.15, -0.1) is 0 Å². The van der Waals surface area contributed by atoms with Crippen molar-refractivity contribution in [1.29, 1.82) is 0 Å². The second-order valence-electron chi connectivity index (χ2n) is 13.6. The van der Waals surface area contributed by atoms with E-state index in [1.54, 1.807) is 0 Å². The van der Waals surface area contributed by atoms with Gasteiger partial charge in [0.2, 0.25) is 0 Å². The zero-order valence-corrected chi connectivity index (χ0v) is 30.9. The van der Waals surface area contributed by atoms with E-state index < -0.39 is 6.10 Å². The first-order chi connectivity index (χ1) is 22.5. The van der Waals surface area contributed by atoms with Crippen molar-refractivity contribution < 1.29 is 28.6 Å². The predicted octanol–water partition coefficient (Wildman–Crippen LogP) is 12.1. The van der Waals surface area contributed by atoms with Crippen LogP contribution in [0, 0.1) is 0 Å². The minimum atomic E-state index is -0.754. The van der Waals surface area contributed by atoms with E-state index in [2.05, 4.69) is 20.8 Å². The smallest absolute Gasteiger partial charge is 0.306 e. The highest BCUT2D eigenvalue weighted by Gasteiger charge is 2.19. The third-order valence-electron chi connectivity index (χ3n) is 8.86. The number of carbonyl (C=O) groups is 3. The second-order valence-corrected chi connectivity index (χ2v) is 13.6. The van der Waals surface area contributed by atoms with Gasteiger partial charge in [-0.3, -0.25) is 14.4 Å². The monoisotopic (exact) mass is 653 g/mol. The van der Waals surface area contributed by atoms with Gasteiger partial charge >= 0.3 is 17.9 Å². The van der Waals surface area contributed by atoms with Crippen LogP contribution in [0.2, 0.25) is 0 Å². The van der Waals surface area contributed by atoms with Gasteiger partial charge in [-0.1, -0.05) is 181 Å². The van der Waals surface area contributed by atoms with Gasteiger partial charge in [0.25, 0.3) is 0 Å². The van der Waals surface area contributed by atoms with E-state index in [1.165, 1.54) is 116 Å². The van der Waals surface area contributed by atoms with Crippen LogP contribution in [0.25, 0.3) is 0 Å². The van der Waals surface area contributed by atoms with Crippen molar-refractivity contribution in [1.82, 2.24) is 0 Å². The molecule has 0 aromatic carbocycles. The molecule has 0 amide bonds. The van der Waals surface area contributed by atoms with E-state index in [1.807, 2.05) is 0 Å². The fourth-order valence-electron chi connectivity index (χ4n) is 5.79. The normalized spacial score (nSPS) is 11.8. The molecule has 0 aromatic rings. The van der Waals surface area contributed by atoms with E-state index in [0.29, 0.717) is 19.3 Å². The van der Waals surface area contributed by atoms with Crippen LogP contribution >= 0.6 is 0 Å². The van der Waals surface area contributed by atoms with Crippen molar-refractivity contribution in [2.24, 2.45) is 0 Å². The lowest BCUT2D eigenvalue weighted by atomic mass is 10.0. The Hall–Kier alpha value is -1.59. The summed E-state index contributed by atoms with van der Waals surface area (Å²) in [5.41, 5.74) is 0. The molecule has 0 heterocycles. The fourth-order valence-corrected chi connectivity index (χ4v) is 5.79. The average Bonchev–Trinajstić information content (AvgIpc) is 3.05. The summed E-state index contributed by atoms with van der Waals surface area (Å²) in [5, 5.41) is 0. The molecular formula is C40H76O6. The summed E-state index contributed by atoms with van der Waals surface area (Å²) in [5.74, 6) is -0.877. The largest absolute Gasteiger partial charge is 0.462 e. The van der Waals surface area contributed by atoms with Crippen molar-refractivity contribution in [2.45, 2.75) is 226 Å². The molecule has 0 saturated carbocycles. The van der Waals surface area contributed by atoms with Crippen molar-refractivity contribution in [3.8, 4) is 0 Å². The lowest BCUT2D eigenvalue weighted by molar-refractivity contribution is -0.167. The van der Waals surface area contributed by atoms with E-state index >= 15 is 0 Å². The molecule has 0 unspecified atom stereocenters. The predicted molar refractivity (Wildman–Crippen MR) is 192 cm³/mol. The molecule has 0 saturated heterocycles. The molecule has 0 bridgehead atoms. The minimum absolute atomic E-state index is 0.0648. The maximum atomic E-state index is 12.5. The molecule has 0 spiro atoms. The standard InChI is InChI=1S/C40H76O6/c1-4-7-10-13-15-17-18-19-20-21-23-24-27-30-33-39(42)45-36-37(35-44-38(41)32-29-26-12-9-6-3)46-40(43)34-31-28-25-22-16-14-11-8-5-2/h37H,4-36H2,1-3H3/t37-/m0/s1. The molecule has 0 aliphatic carbocycles. The number of hydrogen-bond donors (Lipinski definition) is 0. The van der Waals surface area contributed by atoms with Crippen LogP contribution in [0.15, 0.2) is 0 Å². The number of carbonyl (C=O) groups excluding carboxylic acids is 3. The number of ether oxygens (including phenoxy) is 3. The van der Waals surface area contributed by atoms with Gasteiger partial charge in [0.15, 0.2) is 6.10 Å². The molecule has 0 aliphatic rings. The highest BCUT2D eigenvalue weighted by Crippen LogP contribution is 2.15. The third kappa shape index (κ3) is 33.8. The first-order valence-electron chi connectivity index (χ1n) is 20.0. The number of hydrogen-bond acceptors (Lipinski definition) is 6. The van der Waals surface area contributed by atoms with Crippen LogP contribution in [0.5, 0.6) is 0 Å². The number of esters is 3. The van der Waals surface area contributed by atoms with Crippen LogP contribution < -0.4 is 0 Å². The first-order valence-corrected chi connectivity index (χ1v) is 20.0. The van der Waals surface area contributed by atoms with Gasteiger partial charge in [0.1, 0.15) is 13.2 Å². The van der Waals surface area contributed by atoms with E-state index in [-0.39, 0.29) is 31.1 Å². The molecule has 46 heavy (non-hydrogen) atoms. The Morgan fingerprint density at radius 3 is 0.870 bits per heavy atom. The minimum Gasteiger partial charge on any atom is -0.462 e. The van der Waals surface area contributed by atoms with Crippen LogP contribution in [0.3, 0.4) is 0 Å². The van der Waals surface area contributed by atoms with Crippen molar-refractivity contribution in [3.63, 3.8) is 0 Å². The molecule has 0 radical (unpaired) electrons. The number of unbranched alkanes of at least 4 members (excludes halogenated alkanes) is 25. The molecule has 272 valence electrons. The summed E-state index contributed by atoms with van der Waals surface area (Å²) in [7, 11) is 0. The molecular weight excluding hydrogens is 576 g/mol. The van der Waals surface area contributed by atoms with Crippen molar-refractivity contribution >= 4 is 17.9 Å². The highest BCUT2D eigenvalue weighted by atomic mass is 16.6. The summed E-state index contributed by atoms with van der Waals surface area (Å²) < 4.78 is 16.5. The fraction of sp³-hybridized carbons (Fsp3) is 0.925. The summed E-state index contributed by atoms with van der Waals surface area (Å²) in [6, 6.07) is 0. The van der Waals surface area contributed by atoms with Gasteiger partial charge in [0, 0.05) is 19.3 Å².